The van der Waals surface area contributed by atoms with Gasteiger partial charge in [0.05, 0.1) is 18.4 Å². The minimum absolute atomic E-state index is 0.162. The Morgan fingerprint density at radius 3 is 2.80 bits per heavy atom. The normalized spacial score (nSPS) is 10.3. The minimum atomic E-state index is -0.303. The average molecular weight is 401 g/mol. The number of terminal acetylenes is 1. The molecule has 0 unspecified atom stereocenters. The fraction of sp³-hybridized carbons (Fsp3) is 0.158. The van der Waals surface area contributed by atoms with Crippen LogP contribution < -0.4 is 14.9 Å². The molecule has 128 valence electrons. The highest BCUT2D eigenvalue weighted by atomic mass is 79.9. The average Bonchev–Trinajstić information content (AvgIpc) is 2.61. The summed E-state index contributed by atoms with van der Waals surface area (Å²) >= 11 is 3.33. The predicted octanol–water partition coefficient (Wildman–Crippen LogP) is 3.62. The predicted molar refractivity (Wildman–Crippen MR) is 101 cm³/mol. The Balaban J connectivity index is 2.07. The van der Waals surface area contributed by atoms with E-state index >= 15 is 0 Å². The van der Waals surface area contributed by atoms with Crippen molar-refractivity contribution in [2.24, 2.45) is 5.10 Å². The highest BCUT2D eigenvalue weighted by Crippen LogP contribution is 2.28. The van der Waals surface area contributed by atoms with Gasteiger partial charge >= 0.3 is 0 Å². The zero-order valence-corrected chi connectivity index (χ0v) is 15.2. The number of hydrogen-bond acceptors (Lipinski definition) is 4. The van der Waals surface area contributed by atoms with Crippen LogP contribution in [0.2, 0.25) is 0 Å². The van der Waals surface area contributed by atoms with E-state index in [1.807, 2.05) is 13.0 Å². The van der Waals surface area contributed by atoms with Crippen LogP contribution in [0.25, 0.3) is 0 Å². The van der Waals surface area contributed by atoms with Gasteiger partial charge in [-0.2, -0.15) is 5.10 Å². The molecule has 0 radical (unpaired) electrons. The summed E-state index contributed by atoms with van der Waals surface area (Å²) < 4.78 is 11.7. The van der Waals surface area contributed by atoms with Crippen LogP contribution in [0.3, 0.4) is 0 Å². The molecule has 0 aromatic heterocycles. The second-order valence-corrected chi connectivity index (χ2v) is 5.67. The molecule has 1 N–H and O–H groups in total. The third-order valence-corrected chi connectivity index (χ3v) is 3.77. The number of carbonyl (C=O) groups is 1. The van der Waals surface area contributed by atoms with E-state index in [-0.39, 0.29) is 12.5 Å². The van der Waals surface area contributed by atoms with E-state index in [0.717, 1.165) is 5.56 Å². The summed E-state index contributed by atoms with van der Waals surface area (Å²) in [6.07, 6.45) is 6.73. The summed E-state index contributed by atoms with van der Waals surface area (Å²) in [6.45, 7) is 2.53. The second-order valence-electron chi connectivity index (χ2n) is 4.81. The summed E-state index contributed by atoms with van der Waals surface area (Å²) in [4.78, 5) is 12.1. The van der Waals surface area contributed by atoms with Crippen LogP contribution in [-0.4, -0.2) is 25.3 Å². The van der Waals surface area contributed by atoms with E-state index in [9.17, 15) is 4.79 Å². The molecular weight excluding hydrogens is 384 g/mol. The molecule has 0 fully saturated rings. The van der Waals surface area contributed by atoms with Crippen molar-refractivity contribution in [2.45, 2.75) is 6.92 Å². The third kappa shape index (κ3) is 5.37. The number of hydrogen-bond donors (Lipinski definition) is 1. The van der Waals surface area contributed by atoms with Gasteiger partial charge in [-0.1, -0.05) is 18.1 Å². The van der Waals surface area contributed by atoms with E-state index in [1.165, 1.54) is 6.21 Å². The number of ether oxygens (including phenoxy) is 2. The summed E-state index contributed by atoms with van der Waals surface area (Å²) in [6, 6.07) is 12.4. The number of amides is 1. The monoisotopic (exact) mass is 400 g/mol. The van der Waals surface area contributed by atoms with Gasteiger partial charge in [0.1, 0.15) is 6.61 Å². The quantitative estimate of drug-likeness (QED) is 0.438. The molecule has 0 heterocycles. The molecule has 6 heteroatoms. The number of hydrazone groups is 1. The first-order valence-corrected chi connectivity index (χ1v) is 8.36. The minimum Gasteiger partial charge on any atom is -0.490 e. The molecule has 0 atom stereocenters. The molecule has 0 saturated carbocycles. The Morgan fingerprint density at radius 2 is 2.08 bits per heavy atom. The summed E-state index contributed by atoms with van der Waals surface area (Å²) in [7, 11) is 0. The third-order valence-electron chi connectivity index (χ3n) is 3.08. The molecule has 2 rings (SSSR count). The summed E-state index contributed by atoms with van der Waals surface area (Å²) in [5.74, 6) is 3.24. The van der Waals surface area contributed by atoms with E-state index in [4.69, 9.17) is 15.9 Å². The van der Waals surface area contributed by atoms with Gasteiger partial charge in [0.2, 0.25) is 0 Å². The maximum absolute atomic E-state index is 12.1. The molecule has 2 aromatic rings. The number of carbonyl (C=O) groups excluding carboxylic acids is 1. The lowest BCUT2D eigenvalue weighted by molar-refractivity contribution is 0.0954. The lowest BCUT2D eigenvalue weighted by Gasteiger charge is -2.10. The Hall–Kier alpha value is -2.78. The zero-order chi connectivity index (χ0) is 18.1. The zero-order valence-electron chi connectivity index (χ0n) is 13.7. The molecule has 2 aromatic carbocycles. The number of rotatable bonds is 7. The molecule has 5 nitrogen and oxygen atoms in total. The van der Waals surface area contributed by atoms with E-state index in [0.29, 0.717) is 28.1 Å². The van der Waals surface area contributed by atoms with E-state index in [2.05, 4.69) is 32.4 Å². The molecule has 0 saturated heterocycles. The van der Waals surface area contributed by atoms with Crippen molar-refractivity contribution in [3.05, 3.63) is 58.1 Å². The SMILES string of the molecule is C#CCOc1ccc(/C=N\NC(=O)c2ccccc2Br)cc1OCC. The van der Waals surface area contributed by atoms with Crippen LogP contribution in [0.15, 0.2) is 52.0 Å². The molecule has 0 aliphatic carbocycles. The first-order chi connectivity index (χ1) is 12.2. The highest BCUT2D eigenvalue weighted by Gasteiger charge is 2.08. The molecule has 0 spiro atoms. The number of benzene rings is 2. The van der Waals surface area contributed by atoms with Gasteiger partial charge in [-0.3, -0.25) is 4.79 Å². The molecular formula is C19H17BrN2O3. The second kappa shape index (κ2) is 9.50. The van der Waals surface area contributed by atoms with Gasteiger partial charge in [0.15, 0.2) is 11.5 Å². The number of halogens is 1. The van der Waals surface area contributed by atoms with Gasteiger partial charge < -0.3 is 9.47 Å². The van der Waals surface area contributed by atoms with Gasteiger partial charge in [-0.05, 0) is 58.7 Å². The topological polar surface area (TPSA) is 59.9 Å². The molecule has 0 bridgehead atoms. The Morgan fingerprint density at radius 1 is 1.28 bits per heavy atom. The van der Waals surface area contributed by atoms with Crippen molar-refractivity contribution in [1.82, 2.24) is 5.43 Å². The molecule has 1 amide bonds. The Labute approximate surface area is 155 Å². The standard InChI is InChI=1S/C19H17BrN2O3/c1-3-11-25-17-10-9-14(12-18(17)24-4-2)13-21-22-19(23)15-7-5-6-8-16(15)20/h1,5-10,12-13H,4,11H2,2H3,(H,22,23)/b21-13-. The fourth-order valence-corrected chi connectivity index (χ4v) is 2.45. The fourth-order valence-electron chi connectivity index (χ4n) is 1.98. The number of nitrogens with zero attached hydrogens (tertiary/aromatic N) is 1. The lowest BCUT2D eigenvalue weighted by atomic mass is 10.2. The number of nitrogens with one attached hydrogen (secondary N) is 1. The van der Waals surface area contributed by atoms with Crippen LogP contribution in [0.4, 0.5) is 0 Å². The summed E-state index contributed by atoms with van der Waals surface area (Å²) in [5.41, 5.74) is 3.75. The van der Waals surface area contributed by atoms with Crippen molar-refractivity contribution < 1.29 is 14.3 Å². The van der Waals surface area contributed by atoms with Crippen LogP contribution >= 0.6 is 15.9 Å². The van der Waals surface area contributed by atoms with Gasteiger partial charge in [0, 0.05) is 4.47 Å². The largest absolute Gasteiger partial charge is 0.490 e. The summed E-state index contributed by atoms with van der Waals surface area (Å²) in [5, 5.41) is 3.98. The molecule has 25 heavy (non-hydrogen) atoms. The highest BCUT2D eigenvalue weighted by molar-refractivity contribution is 9.10. The van der Waals surface area contributed by atoms with Crippen molar-refractivity contribution in [3.63, 3.8) is 0 Å². The lowest BCUT2D eigenvalue weighted by Crippen LogP contribution is -2.18. The van der Waals surface area contributed by atoms with Crippen molar-refractivity contribution in [2.75, 3.05) is 13.2 Å². The molecule has 0 aliphatic heterocycles. The van der Waals surface area contributed by atoms with Crippen molar-refractivity contribution >= 4 is 28.1 Å². The van der Waals surface area contributed by atoms with Gasteiger partial charge in [-0.15, -0.1) is 6.42 Å². The Bertz CT molecular complexity index is 813. The van der Waals surface area contributed by atoms with E-state index in [1.54, 1.807) is 36.4 Å². The van der Waals surface area contributed by atoms with Gasteiger partial charge in [-0.25, -0.2) is 5.43 Å². The van der Waals surface area contributed by atoms with Crippen LogP contribution in [0.5, 0.6) is 11.5 Å². The van der Waals surface area contributed by atoms with Crippen LogP contribution in [-0.2, 0) is 0 Å². The van der Waals surface area contributed by atoms with Crippen LogP contribution in [0.1, 0.15) is 22.8 Å². The Kier molecular flexibility index (Phi) is 7.05. The molecule has 0 aliphatic rings. The van der Waals surface area contributed by atoms with E-state index < -0.39 is 0 Å². The first kappa shape index (κ1) is 18.6. The van der Waals surface area contributed by atoms with Crippen molar-refractivity contribution in [1.29, 1.82) is 0 Å². The smallest absolute Gasteiger partial charge is 0.272 e. The maximum atomic E-state index is 12.1. The van der Waals surface area contributed by atoms with Gasteiger partial charge in [0.25, 0.3) is 5.91 Å². The maximum Gasteiger partial charge on any atom is 0.272 e. The van der Waals surface area contributed by atoms with Crippen LogP contribution in [0, 0.1) is 12.3 Å². The first-order valence-electron chi connectivity index (χ1n) is 7.56. The van der Waals surface area contributed by atoms with Crippen molar-refractivity contribution in [3.8, 4) is 23.8 Å².